The molecule has 1 amide bonds. The molecule has 0 aliphatic heterocycles. The maximum Gasteiger partial charge on any atom is 0.407 e. The van der Waals surface area contributed by atoms with Gasteiger partial charge in [0.05, 0.1) is 0 Å². The molecule has 0 spiro atoms. The minimum Gasteiger partial charge on any atom is -0.444 e. The first-order chi connectivity index (χ1) is 8.76. The van der Waals surface area contributed by atoms with Gasteiger partial charge in [0.15, 0.2) is 5.11 Å². The van der Waals surface area contributed by atoms with Gasteiger partial charge in [-0.2, -0.15) is 0 Å². The number of rotatable bonds is 3. The van der Waals surface area contributed by atoms with Crippen molar-refractivity contribution in [3.63, 3.8) is 0 Å². The van der Waals surface area contributed by atoms with Crippen LogP contribution in [0, 0.1) is 0 Å². The number of anilines is 1. The summed E-state index contributed by atoms with van der Waals surface area (Å²) < 4.78 is 5.15. The van der Waals surface area contributed by atoms with Crippen LogP contribution < -0.4 is 16.4 Å². The highest BCUT2D eigenvalue weighted by Gasteiger charge is 2.15. The van der Waals surface area contributed by atoms with E-state index in [4.69, 9.17) is 22.7 Å². The molecule has 1 aromatic carbocycles. The summed E-state index contributed by atoms with van der Waals surface area (Å²) in [5.74, 6) is 0. The Hall–Kier alpha value is -1.82. The van der Waals surface area contributed by atoms with Crippen LogP contribution in [-0.2, 0) is 11.3 Å². The van der Waals surface area contributed by atoms with Crippen molar-refractivity contribution < 1.29 is 9.53 Å². The highest BCUT2D eigenvalue weighted by atomic mass is 32.1. The van der Waals surface area contributed by atoms with E-state index in [-0.39, 0.29) is 5.11 Å². The Kier molecular flexibility index (Phi) is 5.11. The average Bonchev–Trinajstić information content (AvgIpc) is 2.23. The number of hydrogen-bond acceptors (Lipinski definition) is 3. The van der Waals surface area contributed by atoms with E-state index in [1.54, 1.807) is 0 Å². The van der Waals surface area contributed by atoms with Crippen LogP contribution in [0.1, 0.15) is 26.3 Å². The predicted octanol–water partition coefficient (Wildman–Crippen LogP) is 2.37. The Labute approximate surface area is 118 Å². The van der Waals surface area contributed by atoms with Gasteiger partial charge in [-0.05, 0) is 50.7 Å². The van der Waals surface area contributed by atoms with Crippen LogP contribution in [-0.4, -0.2) is 16.8 Å². The number of carbonyl (C=O) groups excluding carboxylic acids is 1. The van der Waals surface area contributed by atoms with E-state index in [9.17, 15) is 4.79 Å². The second-order valence-electron chi connectivity index (χ2n) is 5.05. The van der Waals surface area contributed by atoms with Gasteiger partial charge in [-0.15, -0.1) is 0 Å². The molecule has 1 rings (SSSR count). The number of alkyl carbamates (subject to hydrolysis) is 1. The molecule has 0 aromatic heterocycles. The van der Waals surface area contributed by atoms with Crippen LogP contribution in [0.4, 0.5) is 10.5 Å². The molecule has 5 nitrogen and oxygen atoms in total. The minimum atomic E-state index is -0.501. The van der Waals surface area contributed by atoms with Gasteiger partial charge in [0.2, 0.25) is 0 Å². The first kappa shape index (κ1) is 15.2. The summed E-state index contributed by atoms with van der Waals surface area (Å²) in [5, 5.41) is 5.73. The van der Waals surface area contributed by atoms with E-state index in [0.29, 0.717) is 6.54 Å². The summed E-state index contributed by atoms with van der Waals surface area (Å²) in [4.78, 5) is 11.5. The highest BCUT2D eigenvalue weighted by molar-refractivity contribution is 7.80. The fourth-order valence-corrected chi connectivity index (χ4v) is 1.51. The number of nitrogens with two attached hydrogens (primary N) is 1. The van der Waals surface area contributed by atoms with Crippen molar-refractivity contribution in [1.82, 2.24) is 5.32 Å². The van der Waals surface area contributed by atoms with Crippen molar-refractivity contribution in [3.8, 4) is 0 Å². The summed E-state index contributed by atoms with van der Waals surface area (Å²) >= 11 is 4.76. The topological polar surface area (TPSA) is 76.4 Å². The van der Waals surface area contributed by atoms with E-state index >= 15 is 0 Å². The van der Waals surface area contributed by atoms with Crippen molar-refractivity contribution in [3.05, 3.63) is 29.8 Å². The van der Waals surface area contributed by atoms with Crippen LogP contribution >= 0.6 is 12.2 Å². The van der Waals surface area contributed by atoms with Gasteiger partial charge in [0, 0.05) is 12.2 Å². The fraction of sp³-hybridized carbons (Fsp3) is 0.385. The van der Waals surface area contributed by atoms with Gasteiger partial charge in [-0.1, -0.05) is 12.1 Å². The number of benzene rings is 1. The summed E-state index contributed by atoms with van der Waals surface area (Å²) in [5.41, 5.74) is 6.61. The van der Waals surface area contributed by atoms with Gasteiger partial charge in [-0.25, -0.2) is 4.79 Å². The molecule has 19 heavy (non-hydrogen) atoms. The van der Waals surface area contributed by atoms with Crippen LogP contribution in [0.3, 0.4) is 0 Å². The smallest absolute Gasteiger partial charge is 0.407 e. The normalized spacial score (nSPS) is 10.7. The lowest BCUT2D eigenvalue weighted by molar-refractivity contribution is 0.0523. The molecule has 0 saturated carbocycles. The van der Waals surface area contributed by atoms with Gasteiger partial charge < -0.3 is 21.1 Å². The lowest BCUT2D eigenvalue weighted by Crippen LogP contribution is -2.32. The molecule has 0 fully saturated rings. The number of carbonyl (C=O) groups is 1. The lowest BCUT2D eigenvalue weighted by Gasteiger charge is -2.19. The van der Waals surface area contributed by atoms with E-state index in [2.05, 4.69) is 10.6 Å². The van der Waals surface area contributed by atoms with Crippen LogP contribution in [0.15, 0.2) is 24.3 Å². The van der Waals surface area contributed by atoms with Crippen LogP contribution in [0.25, 0.3) is 0 Å². The second kappa shape index (κ2) is 6.38. The molecule has 0 saturated heterocycles. The SMILES string of the molecule is CC(C)(C)OC(=O)NCc1cccc(NC(N)=S)c1. The van der Waals surface area contributed by atoms with Crippen molar-refractivity contribution >= 4 is 29.1 Å². The minimum absolute atomic E-state index is 0.206. The Morgan fingerprint density at radius 3 is 2.68 bits per heavy atom. The molecule has 1 aromatic rings. The van der Waals surface area contributed by atoms with Gasteiger partial charge in [0.25, 0.3) is 0 Å². The molecule has 104 valence electrons. The molecular formula is C13H19N3O2S. The van der Waals surface area contributed by atoms with Gasteiger partial charge in [-0.3, -0.25) is 0 Å². The first-order valence-corrected chi connectivity index (χ1v) is 6.29. The van der Waals surface area contributed by atoms with E-state index in [1.807, 2.05) is 45.0 Å². The lowest BCUT2D eigenvalue weighted by atomic mass is 10.2. The largest absolute Gasteiger partial charge is 0.444 e. The van der Waals surface area contributed by atoms with Crippen molar-refractivity contribution in [2.75, 3.05) is 5.32 Å². The third kappa shape index (κ3) is 6.61. The third-order valence-corrected chi connectivity index (χ3v) is 2.13. The van der Waals surface area contributed by atoms with Gasteiger partial charge >= 0.3 is 6.09 Å². The Morgan fingerprint density at radius 1 is 1.42 bits per heavy atom. The molecular weight excluding hydrogens is 262 g/mol. The summed E-state index contributed by atoms with van der Waals surface area (Å²) in [6, 6.07) is 7.45. The number of thiocarbonyl (C=S) groups is 1. The van der Waals surface area contributed by atoms with Crippen LogP contribution in [0.5, 0.6) is 0 Å². The molecule has 0 aliphatic carbocycles. The zero-order valence-electron chi connectivity index (χ0n) is 11.3. The number of amides is 1. The predicted molar refractivity (Wildman–Crippen MR) is 79.9 cm³/mol. The molecule has 0 heterocycles. The molecule has 0 unspecified atom stereocenters. The van der Waals surface area contributed by atoms with Gasteiger partial charge in [0.1, 0.15) is 5.60 Å². The summed E-state index contributed by atoms with van der Waals surface area (Å²) in [6.45, 7) is 5.83. The Bertz CT molecular complexity index is 469. The number of ether oxygens (including phenoxy) is 1. The highest BCUT2D eigenvalue weighted by Crippen LogP contribution is 2.11. The standard InChI is InChI=1S/C13H19N3O2S/c1-13(2,3)18-12(17)15-8-9-5-4-6-10(7-9)16-11(14)19/h4-7H,8H2,1-3H3,(H,15,17)(H3,14,16,19). The average molecular weight is 281 g/mol. The third-order valence-electron chi connectivity index (χ3n) is 2.03. The molecule has 4 N–H and O–H groups in total. The fourth-order valence-electron chi connectivity index (χ4n) is 1.39. The quantitative estimate of drug-likeness (QED) is 0.742. The van der Waals surface area contributed by atoms with E-state index in [0.717, 1.165) is 11.3 Å². The van der Waals surface area contributed by atoms with E-state index in [1.165, 1.54) is 0 Å². The van der Waals surface area contributed by atoms with Crippen molar-refractivity contribution in [1.29, 1.82) is 0 Å². The van der Waals surface area contributed by atoms with Crippen LogP contribution in [0.2, 0.25) is 0 Å². The molecule has 0 atom stereocenters. The maximum atomic E-state index is 11.5. The van der Waals surface area contributed by atoms with Crippen molar-refractivity contribution in [2.24, 2.45) is 5.73 Å². The molecule has 0 aliphatic rings. The summed E-state index contributed by atoms with van der Waals surface area (Å²) in [6.07, 6.45) is -0.444. The Balaban J connectivity index is 2.53. The second-order valence-corrected chi connectivity index (χ2v) is 5.48. The van der Waals surface area contributed by atoms with Crippen molar-refractivity contribution in [2.45, 2.75) is 32.9 Å². The molecule has 6 heteroatoms. The zero-order chi connectivity index (χ0) is 14.5. The molecule has 0 radical (unpaired) electrons. The monoisotopic (exact) mass is 281 g/mol. The van der Waals surface area contributed by atoms with E-state index < -0.39 is 11.7 Å². The first-order valence-electron chi connectivity index (χ1n) is 5.88. The maximum absolute atomic E-state index is 11.5. The molecule has 0 bridgehead atoms. The zero-order valence-corrected chi connectivity index (χ0v) is 12.1. The number of hydrogen-bond donors (Lipinski definition) is 3. The Morgan fingerprint density at radius 2 is 2.11 bits per heavy atom. The summed E-state index contributed by atoms with van der Waals surface area (Å²) in [7, 11) is 0. The number of nitrogens with one attached hydrogen (secondary N) is 2.